The third-order valence-corrected chi connectivity index (χ3v) is 3.48. The van der Waals surface area contributed by atoms with E-state index >= 15 is 0 Å². The first-order valence-electron chi connectivity index (χ1n) is 7.85. The molecule has 6 nitrogen and oxygen atoms in total. The number of hydrogen-bond donors (Lipinski definition) is 2. The molecule has 0 radical (unpaired) electrons. The summed E-state index contributed by atoms with van der Waals surface area (Å²) in [6.07, 6.45) is 0. The molecule has 130 valence electrons. The Morgan fingerprint density at radius 2 is 2.00 bits per heavy atom. The van der Waals surface area contributed by atoms with Crippen LogP contribution in [-0.4, -0.2) is 50.1 Å². The third-order valence-electron chi connectivity index (χ3n) is 3.48. The van der Waals surface area contributed by atoms with Gasteiger partial charge in [0.15, 0.2) is 0 Å². The molecule has 1 unspecified atom stereocenters. The molecule has 0 heterocycles. The molecule has 24 heavy (non-hydrogen) atoms. The number of rotatable bonds is 9. The minimum absolute atomic E-state index is 0.00134. The standard InChI is InChI=1S/C18H25N3O3/c1-4-6-11-21(3)16(12-20-13-17(19)22)14-7-9-15(10-8-14)18(23)24-5-2/h7-10,16,20H,5,11-13H2,1-3H3,(H2,19,22). The zero-order chi connectivity index (χ0) is 17.9. The summed E-state index contributed by atoms with van der Waals surface area (Å²) in [6.45, 7) is 5.17. The Morgan fingerprint density at radius 1 is 1.33 bits per heavy atom. The van der Waals surface area contributed by atoms with Crippen molar-refractivity contribution in [1.82, 2.24) is 10.2 Å². The molecule has 1 amide bonds. The van der Waals surface area contributed by atoms with Crippen LogP contribution in [0.4, 0.5) is 0 Å². The van der Waals surface area contributed by atoms with Crippen molar-refractivity contribution < 1.29 is 14.3 Å². The zero-order valence-corrected chi connectivity index (χ0v) is 14.5. The van der Waals surface area contributed by atoms with E-state index in [0.717, 1.165) is 5.56 Å². The number of carbonyl (C=O) groups excluding carboxylic acids is 2. The van der Waals surface area contributed by atoms with Crippen molar-refractivity contribution in [3.8, 4) is 11.8 Å². The maximum absolute atomic E-state index is 11.7. The van der Waals surface area contributed by atoms with Gasteiger partial charge in [0.25, 0.3) is 0 Å². The smallest absolute Gasteiger partial charge is 0.338 e. The van der Waals surface area contributed by atoms with Crippen LogP contribution in [0.3, 0.4) is 0 Å². The number of esters is 1. The summed E-state index contributed by atoms with van der Waals surface area (Å²) in [6, 6.07) is 7.26. The van der Waals surface area contributed by atoms with Gasteiger partial charge >= 0.3 is 5.97 Å². The average Bonchev–Trinajstić information content (AvgIpc) is 2.57. The predicted octanol–water partition coefficient (Wildman–Crippen LogP) is 0.934. The summed E-state index contributed by atoms with van der Waals surface area (Å²) in [5.41, 5.74) is 6.70. The molecule has 0 aliphatic carbocycles. The normalized spacial score (nSPS) is 11.5. The van der Waals surface area contributed by atoms with Gasteiger partial charge in [-0.3, -0.25) is 9.69 Å². The van der Waals surface area contributed by atoms with Crippen molar-refractivity contribution >= 4 is 11.9 Å². The Hall–Kier alpha value is -2.36. The van der Waals surface area contributed by atoms with Gasteiger partial charge in [0.1, 0.15) is 0 Å². The van der Waals surface area contributed by atoms with Crippen molar-refractivity contribution in [3.05, 3.63) is 35.4 Å². The molecule has 1 aromatic rings. The van der Waals surface area contributed by atoms with Crippen molar-refractivity contribution in [3.63, 3.8) is 0 Å². The van der Waals surface area contributed by atoms with Crippen LogP contribution < -0.4 is 11.1 Å². The average molecular weight is 331 g/mol. The van der Waals surface area contributed by atoms with Gasteiger partial charge in [-0.1, -0.05) is 18.1 Å². The number of nitrogens with one attached hydrogen (secondary N) is 1. The van der Waals surface area contributed by atoms with E-state index in [9.17, 15) is 9.59 Å². The molecule has 0 bridgehead atoms. The minimum Gasteiger partial charge on any atom is -0.462 e. The van der Waals surface area contributed by atoms with Crippen molar-refractivity contribution in [1.29, 1.82) is 0 Å². The maximum Gasteiger partial charge on any atom is 0.338 e. The second-order valence-corrected chi connectivity index (χ2v) is 5.30. The van der Waals surface area contributed by atoms with Crippen LogP contribution in [0.5, 0.6) is 0 Å². The lowest BCUT2D eigenvalue weighted by molar-refractivity contribution is -0.117. The highest BCUT2D eigenvalue weighted by atomic mass is 16.5. The summed E-state index contributed by atoms with van der Waals surface area (Å²) in [7, 11) is 1.96. The molecule has 1 atom stereocenters. The molecule has 0 spiro atoms. The number of hydrogen-bond acceptors (Lipinski definition) is 5. The number of nitrogens with zero attached hydrogens (tertiary/aromatic N) is 1. The Labute approximate surface area is 143 Å². The van der Waals surface area contributed by atoms with E-state index < -0.39 is 5.91 Å². The Balaban J connectivity index is 2.88. The van der Waals surface area contributed by atoms with Gasteiger partial charge in [0, 0.05) is 12.6 Å². The van der Waals surface area contributed by atoms with Gasteiger partial charge in [0.2, 0.25) is 5.91 Å². The molecule has 1 rings (SSSR count). The first-order valence-corrected chi connectivity index (χ1v) is 7.85. The monoisotopic (exact) mass is 331 g/mol. The summed E-state index contributed by atoms with van der Waals surface area (Å²) < 4.78 is 4.99. The molecule has 0 aliphatic heterocycles. The number of primary amides is 1. The molecule has 0 aromatic heterocycles. The molecule has 0 saturated carbocycles. The van der Waals surface area contributed by atoms with Gasteiger partial charge in [-0.15, -0.1) is 5.92 Å². The molecule has 0 aliphatic rings. The molecule has 0 saturated heterocycles. The van der Waals surface area contributed by atoms with Gasteiger partial charge < -0.3 is 15.8 Å². The molecule has 6 heteroatoms. The number of likely N-dealkylation sites (N-methyl/N-ethyl adjacent to an activating group) is 1. The van der Waals surface area contributed by atoms with E-state index in [0.29, 0.717) is 25.3 Å². The lowest BCUT2D eigenvalue weighted by Crippen LogP contribution is -2.37. The number of amides is 1. The predicted molar refractivity (Wildman–Crippen MR) is 93.3 cm³/mol. The number of benzene rings is 1. The molecule has 0 fully saturated rings. The SMILES string of the molecule is CC#CCN(C)C(CNCC(N)=O)c1ccc(C(=O)OCC)cc1. The van der Waals surface area contributed by atoms with Crippen LogP contribution in [0.1, 0.15) is 35.8 Å². The van der Waals surface area contributed by atoms with Crippen LogP contribution in [0.15, 0.2) is 24.3 Å². The highest BCUT2D eigenvalue weighted by molar-refractivity contribution is 5.89. The van der Waals surface area contributed by atoms with Crippen molar-refractivity contribution in [2.75, 3.05) is 33.3 Å². The number of ether oxygens (including phenoxy) is 1. The van der Waals surface area contributed by atoms with E-state index in [1.165, 1.54) is 0 Å². The molecular weight excluding hydrogens is 306 g/mol. The van der Waals surface area contributed by atoms with E-state index in [-0.39, 0.29) is 18.6 Å². The molecule has 1 aromatic carbocycles. The zero-order valence-electron chi connectivity index (χ0n) is 14.5. The van der Waals surface area contributed by atoms with Crippen LogP contribution in [0, 0.1) is 11.8 Å². The van der Waals surface area contributed by atoms with Gasteiger partial charge in [0.05, 0.1) is 25.3 Å². The van der Waals surface area contributed by atoms with E-state index in [1.54, 1.807) is 26.0 Å². The van der Waals surface area contributed by atoms with Crippen LogP contribution in [-0.2, 0) is 9.53 Å². The second-order valence-electron chi connectivity index (χ2n) is 5.30. The first-order chi connectivity index (χ1) is 11.5. The summed E-state index contributed by atoms with van der Waals surface area (Å²) >= 11 is 0. The topological polar surface area (TPSA) is 84.7 Å². The number of nitrogens with two attached hydrogens (primary N) is 1. The van der Waals surface area contributed by atoms with Gasteiger partial charge in [-0.05, 0) is 38.6 Å². The highest BCUT2D eigenvalue weighted by Crippen LogP contribution is 2.19. The fourth-order valence-electron chi connectivity index (χ4n) is 2.23. The number of carbonyl (C=O) groups is 2. The minimum atomic E-state index is -0.401. The fourth-order valence-corrected chi connectivity index (χ4v) is 2.23. The van der Waals surface area contributed by atoms with Crippen LogP contribution >= 0.6 is 0 Å². The quantitative estimate of drug-likeness (QED) is 0.519. The summed E-state index contributed by atoms with van der Waals surface area (Å²) in [5, 5.41) is 3.04. The fraction of sp³-hybridized carbons (Fsp3) is 0.444. The first kappa shape index (κ1) is 19.7. The van der Waals surface area contributed by atoms with Crippen LogP contribution in [0.25, 0.3) is 0 Å². The largest absolute Gasteiger partial charge is 0.462 e. The Bertz CT molecular complexity index is 602. The van der Waals surface area contributed by atoms with Crippen molar-refractivity contribution in [2.45, 2.75) is 19.9 Å². The molecule has 3 N–H and O–H groups in total. The second kappa shape index (κ2) is 10.4. The Morgan fingerprint density at radius 3 is 2.54 bits per heavy atom. The van der Waals surface area contributed by atoms with Gasteiger partial charge in [-0.25, -0.2) is 4.79 Å². The Kier molecular flexibility index (Phi) is 8.55. The lowest BCUT2D eigenvalue weighted by Gasteiger charge is -2.27. The van der Waals surface area contributed by atoms with E-state index in [4.69, 9.17) is 10.5 Å². The summed E-state index contributed by atoms with van der Waals surface area (Å²) in [5.74, 6) is 5.16. The third kappa shape index (κ3) is 6.41. The maximum atomic E-state index is 11.7. The van der Waals surface area contributed by atoms with Crippen molar-refractivity contribution in [2.24, 2.45) is 5.73 Å². The lowest BCUT2D eigenvalue weighted by atomic mass is 10.0. The van der Waals surface area contributed by atoms with E-state index in [2.05, 4.69) is 22.1 Å². The van der Waals surface area contributed by atoms with E-state index in [1.807, 2.05) is 19.2 Å². The molecular formula is C18H25N3O3. The van der Waals surface area contributed by atoms with Crippen LogP contribution in [0.2, 0.25) is 0 Å². The summed E-state index contributed by atoms with van der Waals surface area (Å²) in [4.78, 5) is 24.7. The highest BCUT2D eigenvalue weighted by Gasteiger charge is 2.17. The van der Waals surface area contributed by atoms with Gasteiger partial charge in [-0.2, -0.15) is 0 Å².